The normalized spacial score (nSPS) is 12.7. The molecule has 6 heterocycles. The first kappa shape index (κ1) is 91.2. The van der Waals surface area contributed by atoms with Gasteiger partial charge in [-0.2, -0.15) is 39.5 Å². The highest BCUT2D eigenvalue weighted by atomic mass is 28.3. The number of nitrogens with one attached hydrogen (secondary N) is 1. The van der Waals surface area contributed by atoms with Gasteiger partial charge >= 0.3 is 36.4 Å². The molecule has 0 bridgehead atoms. The van der Waals surface area contributed by atoms with E-state index in [-0.39, 0.29) is 67.8 Å². The van der Waals surface area contributed by atoms with Gasteiger partial charge in [-0.15, -0.1) is 0 Å². The minimum Gasteiger partial charge on any atom is -0.492 e. The number of imidazole rings is 3. The molecule has 4 N–H and O–H groups in total. The third-order valence-corrected chi connectivity index (χ3v) is 22.5. The SMILES string of the molecule is CC(C)(COc1ccc(-c2ccc(-c3nc(-c4ccccc4)c(C(F)(F)F)[nH]3)cn2)cc1)C(=O)O.CC(C)(COc1ccc(-c2ccc(-c3nc(-c4ccccc4)c(C(F)(F)F)n3COCC[Si](C)(C)C)cn2)cc1)C(=O)O.CC(C)(COc1ccc(-c2ccc(-c3nc(C(F)(F)F)c(C4=CC=[C+]C=C4)n3COCC[Si](C)(C)C)cn2)cc1)C(=O)O. The topological polar surface area (TPSA) is 261 Å². The summed E-state index contributed by atoms with van der Waals surface area (Å²) in [4.78, 5) is 62.4. The quantitative estimate of drug-likeness (QED) is 0.0136. The van der Waals surface area contributed by atoms with E-state index in [9.17, 15) is 69.2 Å². The van der Waals surface area contributed by atoms with E-state index in [1.54, 1.807) is 236 Å². The number of halogens is 9. The van der Waals surface area contributed by atoms with Crippen molar-refractivity contribution in [2.24, 2.45) is 16.2 Å². The zero-order valence-electron chi connectivity index (χ0n) is 68.7. The Morgan fingerprint density at radius 1 is 0.438 bits per heavy atom. The number of carboxylic acid groups (broad SMARTS) is 3. The summed E-state index contributed by atoms with van der Waals surface area (Å²) in [6, 6.07) is 49.3. The standard InChI is InChI=1S/C32H34F3N3O4Si.C32H36F3N3O4Si.C26H22F3N3O3/c1-31(2,30(39)40)20-42-25-14-11-22(12-15-25)26-16-13-24(19-36-26)29-37-28(32(33,34)35)27(23-9-7-6-8-10-23)38(29)21-41-17-18-43(3,4)5;1-31(2,30(39)40)20-42-25-14-11-22(12-15-25)26-16-13-24(19-36-26)29-37-27(23-9-7-6-8-10-23)28(32(33,34)35)38(29)21-41-17-18-43(3,4)5;1-25(2,24(33)34)15-35-19-11-8-16(9-12-19)20-13-10-18(14-30-20)23-31-21(17-6-4-3-5-7-17)22(32-23)26(27,28)29/h7-16,19H,17-18,20-21H2,1-5H3;6-16,19H,17-18,20-21H2,1-5H3,(H,39,40);3-14H,15H2,1-2H3,(H,31,32)(H,33,34)/p+1. The van der Waals surface area contributed by atoms with Crippen LogP contribution >= 0.6 is 0 Å². The van der Waals surface area contributed by atoms with Crippen molar-refractivity contribution in [2.45, 2.75) is 125 Å². The van der Waals surface area contributed by atoms with Gasteiger partial charge in [-0.3, -0.25) is 38.5 Å². The number of carbonyl (C=O) groups is 3. The van der Waals surface area contributed by atoms with Crippen molar-refractivity contribution in [3.05, 3.63) is 242 Å². The summed E-state index contributed by atoms with van der Waals surface area (Å²) in [5.74, 6) is -1.03. The molecular weight excluding hydrogens is 1610 g/mol. The zero-order valence-corrected chi connectivity index (χ0v) is 70.7. The largest absolute Gasteiger partial charge is 0.492 e. The van der Waals surface area contributed by atoms with Crippen molar-refractivity contribution in [3.63, 3.8) is 0 Å². The third-order valence-electron chi connectivity index (χ3n) is 19.0. The first-order valence-corrected chi connectivity index (χ1v) is 45.8. The van der Waals surface area contributed by atoms with Gasteiger partial charge in [-0.1, -0.05) is 99.9 Å². The van der Waals surface area contributed by atoms with Gasteiger partial charge in [0.05, 0.1) is 45.5 Å². The second-order valence-corrected chi connectivity index (χ2v) is 44.2. The first-order chi connectivity index (χ1) is 56.9. The number of benzene rings is 5. The summed E-state index contributed by atoms with van der Waals surface area (Å²) >= 11 is 0. The smallest absolute Gasteiger partial charge is 0.435 e. The Balaban J connectivity index is 0.000000192. The van der Waals surface area contributed by atoms with Crippen LogP contribution in [-0.4, -0.2) is 126 Å². The van der Waals surface area contributed by atoms with E-state index in [1.165, 1.54) is 23.2 Å². The molecular formula is C90H93F9N9O11Si2+. The number of alkyl halides is 9. The van der Waals surface area contributed by atoms with E-state index in [2.05, 4.69) is 80.2 Å². The van der Waals surface area contributed by atoms with E-state index >= 15 is 0 Å². The number of aromatic nitrogens is 9. The van der Waals surface area contributed by atoms with Crippen LogP contribution < -0.4 is 14.2 Å². The summed E-state index contributed by atoms with van der Waals surface area (Å²) in [6.07, 6.45) is -0.349. The summed E-state index contributed by atoms with van der Waals surface area (Å²) in [7, 11) is -2.85. The molecule has 121 heavy (non-hydrogen) atoms. The number of hydrogen-bond donors (Lipinski definition) is 4. The van der Waals surface area contributed by atoms with Gasteiger partial charge < -0.3 is 44.0 Å². The Hall–Kier alpha value is -12.2. The van der Waals surface area contributed by atoms with Gasteiger partial charge in [-0.25, -0.2) is 15.0 Å². The maximum Gasteiger partial charge on any atom is 0.435 e. The number of hydrogen-bond acceptors (Lipinski definition) is 14. The van der Waals surface area contributed by atoms with Crippen LogP contribution in [0.1, 0.15) is 64.3 Å². The molecule has 6 aromatic heterocycles. The van der Waals surface area contributed by atoms with Crippen LogP contribution in [0, 0.1) is 22.3 Å². The van der Waals surface area contributed by atoms with Gasteiger partial charge in [0.25, 0.3) is 0 Å². The van der Waals surface area contributed by atoms with E-state index < -0.39 is 85.9 Å². The highest BCUT2D eigenvalue weighted by Crippen LogP contribution is 2.43. The number of rotatable bonds is 31. The molecule has 0 atom stereocenters. The number of pyridine rings is 3. The highest BCUT2D eigenvalue weighted by molar-refractivity contribution is 6.76. The molecule has 12 rings (SSSR count). The van der Waals surface area contributed by atoms with Crippen molar-refractivity contribution < 1.29 is 92.9 Å². The number of H-pyrrole nitrogens is 1. The van der Waals surface area contributed by atoms with Gasteiger partial charge in [0, 0.05) is 98.5 Å². The second-order valence-electron chi connectivity index (χ2n) is 32.9. The molecule has 0 unspecified atom stereocenters. The van der Waals surface area contributed by atoms with Gasteiger partial charge in [-0.05, 0) is 163 Å². The summed E-state index contributed by atoms with van der Waals surface area (Å²) in [5, 5.41) is 27.7. The number of allylic oxidation sites excluding steroid dienone is 6. The lowest BCUT2D eigenvalue weighted by Crippen LogP contribution is -2.30. The fourth-order valence-corrected chi connectivity index (χ4v) is 13.1. The molecule has 20 nitrogen and oxygen atoms in total. The van der Waals surface area contributed by atoms with E-state index in [1.807, 2.05) is 0 Å². The molecule has 11 aromatic rings. The zero-order chi connectivity index (χ0) is 88.0. The highest BCUT2D eigenvalue weighted by Gasteiger charge is 2.44. The van der Waals surface area contributed by atoms with Crippen molar-refractivity contribution in [2.75, 3.05) is 33.0 Å². The molecule has 31 heteroatoms. The predicted molar refractivity (Wildman–Crippen MR) is 449 cm³/mol. The fraction of sp³-hybridized carbons (Fsp3) is 0.300. The number of aliphatic carboxylic acids is 3. The Morgan fingerprint density at radius 2 is 0.818 bits per heavy atom. The molecule has 0 amide bonds. The summed E-state index contributed by atoms with van der Waals surface area (Å²) < 4.78 is 158. The van der Waals surface area contributed by atoms with Crippen LogP contribution in [0.2, 0.25) is 51.4 Å². The van der Waals surface area contributed by atoms with Gasteiger partial charge in [0.15, 0.2) is 11.4 Å². The van der Waals surface area contributed by atoms with Crippen LogP contribution in [0.5, 0.6) is 17.2 Å². The maximum absolute atomic E-state index is 14.5. The van der Waals surface area contributed by atoms with E-state index in [0.29, 0.717) is 80.9 Å². The van der Waals surface area contributed by atoms with Crippen molar-refractivity contribution in [1.29, 1.82) is 0 Å². The maximum atomic E-state index is 14.5. The molecule has 634 valence electrons. The molecule has 0 spiro atoms. The molecule has 0 radical (unpaired) electrons. The number of carboxylic acids is 3. The summed E-state index contributed by atoms with van der Waals surface area (Å²) in [6.45, 7) is 23.1. The second kappa shape index (κ2) is 38.1. The van der Waals surface area contributed by atoms with Crippen molar-refractivity contribution >= 4 is 39.6 Å². The third kappa shape index (κ3) is 24.5. The lowest BCUT2D eigenvalue weighted by molar-refractivity contribution is -0.149. The predicted octanol–water partition coefficient (Wildman–Crippen LogP) is 22.2. The molecule has 5 aromatic carbocycles. The van der Waals surface area contributed by atoms with Gasteiger partial charge in [0.2, 0.25) is 0 Å². The van der Waals surface area contributed by atoms with Crippen LogP contribution in [0.15, 0.2) is 213 Å². The average molecular weight is 1700 g/mol. The van der Waals surface area contributed by atoms with Crippen LogP contribution in [0.25, 0.3) is 96.0 Å². The van der Waals surface area contributed by atoms with Crippen molar-refractivity contribution in [1.82, 2.24) is 44.0 Å². The summed E-state index contributed by atoms with van der Waals surface area (Å²) in [5.41, 5.74) is 0.140. The van der Waals surface area contributed by atoms with Crippen LogP contribution in [0.4, 0.5) is 39.5 Å². The Bertz CT molecular complexity index is 5450. The number of ether oxygens (including phenoxy) is 5. The van der Waals surface area contributed by atoms with Crippen molar-refractivity contribution in [3.8, 4) is 108 Å². The van der Waals surface area contributed by atoms with E-state index in [0.717, 1.165) is 33.3 Å². The molecule has 0 fully saturated rings. The van der Waals surface area contributed by atoms with E-state index in [4.69, 9.17) is 23.7 Å². The molecule has 0 aliphatic heterocycles. The lowest BCUT2D eigenvalue weighted by Gasteiger charge is -2.19. The minimum absolute atomic E-state index is 0.00622. The Kier molecular flexibility index (Phi) is 28.7. The Morgan fingerprint density at radius 3 is 1.17 bits per heavy atom. The molecule has 0 saturated carbocycles. The first-order valence-electron chi connectivity index (χ1n) is 38.4. The monoisotopic (exact) mass is 1700 g/mol. The average Bonchev–Trinajstić information content (AvgIpc) is 1.64. The number of nitrogens with zero attached hydrogens (tertiary/aromatic N) is 8. The fourth-order valence-electron chi connectivity index (χ4n) is 11.5. The Labute approximate surface area is 696 Å². The van der Waals surface area contributed by atoms with Gasteiger partial charge in [0.1, 0.15) is 109 Å². The molecule has 1 aliphatic carbocycles. The minimum atomic E-state index is -4.69. The van der Waals surface area contributed by atoms with Crippen LogP contribution in [-0.2, 0) is 55.8 Å². The molecule has 0 saturated heterocycles. The molecule has 1 aliphatic rings. The number of aromatic amines is 1. The van der Waals surface area contributed by atoms with Crippen LogP contribution in [0.3, 0.4) is 0 Å². The lowest BCUT2D eigenvalue weighted by atomic mass is 9.95.